The van der Waals surface area contributed by atoms with Gasteiger partial charge in [0.25, 0.3) is 0 Å². The lowest BCUT2D eigenvalue weighted by atomic mass is 10.2. The molecule has 4 N–H and O–H groups in total. The first-order chi connectivity index (χ1) is 21.4. The third-order valence-corrected chi connectivity index (χ3v) is 6.13. The number of hydrogen-bond acceptors (Lipinski definition) is 13. The van der Waals surface area contributed by atoms with Gasteiger partial charge in [-0.05, 0) is 93.6 Å². The molecule has 0 amide bonds. The summed E-state index contributed by atoms with van der Waals surface area (Å²) in [6.45, 7) is 6.59. The first-order valence-corrected chi connectivity index (χ1v) is 14.4. The van der Waals surface area contributed by atoms with E-state index < -0.39 is 18.9 Å². The van der Waals surface area contributed by atoms with Crippen molar-refractivity contribution in [3.63, 3.8) is 0 Å². The number of nitrogens with zero attached hydrogens (tertiary/aromatic N) is 3. The molecular formula is C31H40N4O9. The average Bonchev–Trinajstić information content (AvgIpc) is 3.48. The van der Waals surface area contributed by atoms with Gasteiger partial charge >= 0.3 is 0 Å². The van der Waals surface area contributed by atoms with Gasteiger partial charge in [0.05, 0.1) is 11.4 Å². The van der Waals surface area contributed by atoms with Gasteiger partial charge in [0, 0.05) is 25.4 Å². The van der Waals surface area contributed by atoms with Crippen LogP contribution >= 0.6 is 0 Å². The lowest BCUT2D eigenvalue weighted by Gasteiger charge is -2.28. The molecule has 0 aliphatic carbocycles. The molecule has 3 unspecified atom stereocenters. The lowest BCUT2D eigenvalue weighted by molar-refractivity contribution is -0.115. The molecule has 1 aliphatic heterocycles. The van der Waals surface area contributed by atoms with Gasteiger partial charge in [-0.2, -0.15) is 10.2 Å². The average molecular weight is 613 g/mol. The molecule has 0 saturated carbocycles. The fraction of sp³-hybridized carbons (Fsp3) is 0.387. The van der Waals surface area contributed by atoms with Crippen molar-refractivity contribution in [2.24, 2.45) is 5.10 Å². The summed E-state index contributed by atoms with van der Waals surface area (Å²) in [4.78, 5) is 0. The van der Waals surface area contributed by atoms with Crippen LogP contribution in [0.15, 0.2) is 77.9 Å². The highest BCUT2D eigenvalue weighted by Gasteiger charge is 2.27. The van der Waals surface area contributed by atoms with Gasteiger partial charge in [-0.1, -0.05) is 0 Å². The number of aliphatic hydroxyl groups excluding tert-OH is 3. The summed E-state index contributed by atoms with van der Waals surface area (Å²) in [5.41, 5.74) is 5.62. The van der Waals surface area contributed by atoms with E-state index in [1.54, 1.807) is 67.4 Å². The van der Waals surface area contributed by atoms with Crippen molar-refractivity contribution in [2.45, 2.75) is 39.6 Å². The third kappa shape index (κ3) is 9.44. The number of amidine groups is 1. The normalized spacial score (nSPS) is 14.9. The highest BCUT2D eigenvalue weighted by atomic mass is 16.6. The van der Waals surface area contributed by atoms with Crippen molar-refractivity contribution in [3.05, 3.63) is 78.4 Å². The van der Waals surface area contributed by atoms with Gasteiger partial charge in [0.15, 0.2) is 24.7 Å². The van der Waals surface area contributed by atoms with Gasteiger partial charge < -0.3 is 43.7 Å². The van der Waals surface area contributed by atoms with Crippen molar-refractivity contribution in [3.8, 4) is 17.2 Å². The standard InChI is InChI=1S/C31H40N4O9/c1-4-39-28(36)19-42-25-13-7-22(8-14-25)31-32-34(23-9-15-26(16-10-23)43-20-29(37)40-5-2)35(33-31)24-11-17-27(18-12-24)44-21-30(38)41-6-3/h7-18,28-30,36-38H,4-6,19-21H2,1-3H3,(H,32,33). The lowest BCUT2D eigenvalue weighted by Crippen LogP contribution is -2.44. The third-order valence-electron chi connectivity index (χ3n) is 6.13. The number of benzene rings is 3. The summed E-state index contributed by atoms with van der Waals surface area (Å²) in [6, 6.07) is 21.8. The molecule has 1 heterocycles. The maximum Gasteiger partial charge on any atom is 0.189 e. The Morgan fingerprint density at radius 2 is 0.977 bits per heavy atom. The van der Waals surface area contributed by atoms with E-state index in [2.05, 4.69) is 5.43 Å². The Bertz CT molecular complexity index is 1290. The number of hydrazine groups is 2. The first-order valence-electron chi connectivity index (χ1n) is 14.4. The van der Waals surface area contributed by atoms with E-state index in [9.17, 15) is 15.3 Å². The predicted molar refractivity (Wildman–Crippen MR) is 163 cm³/mol. The number of rotatable bonds is 18. The van der Waals surface area contributed by atoms with E-state index in [-0.39, 0.29) is 19.8 Å². The Morgan fingerprint density at radius 3 is 1.39 bits per heavy atom. The molecule has 4 rings (SSSR count). The Balaban J connectivity index is 1.51. The Kier molecular flexibility index (Phi) is 12.4. The molecule has 13 heteroatoms. The zero-order valence-corrected chi connectivity index (χ0v) is 25.0. The van der Waals surface area contributed by atoms with E-state index in [1.165, 1.54) is 0 Å². The zero-order valence-electron chi connectivity index (χ0n) is 25.0. The van der Waals surface area contributed by atoms with Crippen LogP contribution in [0.4, 0.5) is 11.4 Å². The van der Waals surface area contributed by atoms with E-state index in [0.717, 1.165) is 16.9 Å². The van der Waals surface area contributed by atoms with Crippen LogP contribution in [-0.2, 0) is 14.2 Å². The second kappa shape index (κ2) is 16.7. The molecule has 0 bridgehead atoms. The van der Waals surface area contributed by atoms with E-state index in [1.807, 2.05) is 36.4 Å². The van der Waals surface area contributed by atoms with Crippen LogP contribution in [0, 0.1) is 0 Å². The molecule has 0 saturated heterocycles. The minimum atomic E-state index is -1.01. The molecule has 3 aromatic rings. The summed E-state index contributed by atoms with van der Waals surface area (Å²) in [5, 5.41) is 37.6. The van der Waals surface area contributed by atoms with Crippen molar-refractivity contribution in [1.82, 2.24) is 5.43 Å². The Hall–Kier alpha value is -4.11. The predicted octanol–water partition coefficient (Wildman–Crippen LogP) is 3.00. The number of ether oxygens (including phenoxy) is 6. The molecule has 238 valence electrons. The minimum absolute atomic E-state index is 0.00714. The van der Waals surface area contributed by atoms with Gasteiger partial charge in [0.1, 0.15) is 37.1 Å². The molecule has 3 aromatic carbocycles. The highest BCUT2D eigenvalue weighted by Crippen LogP contribution is 2.29. The van der Waals surface area contributed by atoms with Gasteiger partial charge in [-0.25, -0.2) is 0 Å². The molecular weight excluding hydrogens is 572 g/mol. The minimum Gasteiger partial charge on any atom is -0.488 e. The summed E-state index contributed by atoms with van der Waals surface area (Å²) < 4.78 is 32.2. The van der Waals surface area contributed by atoms with Crippen molar-refractivity contribution < 1.29 is 43.7 Å². The van der Waals surface area contributed by atoms with E-state index >= 15 is 0 Å². The molecule has 0 radical (unpaired) electrons. The fourth-order valence-electron chi connectivity index (χ4n) is 4.07. The molecule has 0 fully saturated rings. The van der Waals surface area contributed by atoms with Crippen LogP contribution < -0.4 is 29.9 Å². The number of hydrogen-bond donors (Lipinski definition) is 4. The second-order valence-corrected chi connectivity index (χ2v) is 9.34. The first kappa shape index (κ1) is 32.8. The maximum absolute atomic E-state index is 9.79. The molecule has 3 atom stereocenters. The fourth-order valence-corrected chi connectivity index (χ4v) is 4.07. The molecule has 0 spiro atoms. The Labute approximate surface area is 256 Å². The van der Waals surface area contributed by atoms with Crippen LogP contribution in [0.1, 0.15) is 26.3 Å². The van der Waals surface area contributed by atoms with Crippen molar-refractivity contribution in [2.75, 3.05) is 49.9 Å². The molecule has 13 nitrogen and oxygen atoms in total. The van der Waals surface area contributed by atoms with Crippen LogP contribution in [0.3, 0.4) is 0 Å². The van der Waals surface area contributed by atoms with Gasteiger partial charge in [0.2, 0.25) is 0 Å². The van der Waals surface area contributed by atoms with E-state index in [4.69, 9.17) is 33.5 Å². The largest absolute Gasteiger partial charge is 0.488 e. The summed E-state index contributed by atoms with van der Waals surface area (Å²) >= 11 is 0. The number of hydrazone groups is 1. The topological polar surface area (TPSA) is 147 Å². The quantitative estimate of drug-likeness (QED) is 0.157. The van der Waals surface area contributed by atoms with Crippen molar-refractivity contribution in [1.29, 1.82) is 0 Å². The number of aliphatic hydroxyl groups is 3. The van der Waals surface area contributed by atoms with Crippen molar-refractivity contribution >= 4 is 17.2 Å². The van der Waals surface area contributed by atoms with Gasteiger partial charge in [-0.3, -0.25) is 5.43 Å². The summed E-state index contributed by atoms with van der Waals surface area (Å²) in [6.07, 6.45) is -3.01. The highest BCUT2D eigenvalue weighted by molar-refractivity contribution is 6.02. The van der Waals surface area contributed by atoms with Crippen LogP contribution in [-0.4, -0.2) is 79.7 Å². The summed E-state index contributed by atoms with van der Waals surface area (Å²) in [7, 11) is 0. The SMILES string of the molecule is CCOC(O)COc1ccc(C2=NN(c3ccc(OCC(O)OCC)cc3)N(c3ccc(OCC(O)OCC)cc3)N2)cc1. The molecule has 0 aromatic heterocycles. The van der Waals surface area contributed by atoms with Crippen LogP contribution in [0.5, 0.6) is 17.2 Å². The monoisotopic (exact) mass is 612 g/mol. The van der Waals surface area contributed by atoms with Crippen LogP contribution in [0.2, 0.25) is 0 Å². The molecule has 1 aliphatic rings. The summed E-state index contributed by atoms with van der Waals surface area (Å²) in [5.74, 6) is 2.29. The smallest absolute Gasteiger partial charge is 0.189 e. The zero-order chi connectivity index (χ0) is 31.3. The Morgan fingerprint density at radius 1 is 0.591 bits per heavy atom. The second-order valence-electron chi connectivity index (χ2n) is 9.34. The number of anilines is 2. The van der Waals surface area contributed by atoms with E-state index in [0.29, 0.717) is 42.9 Å². The maximum atomic E-state index is 9.79. The molecule has 44 heavy (non-hydrogen) atoms. The van der Waals surface area contributed by atoms with Crippen LogP contribution in [0.25, 0.3) is 0 Å². The van der Waals surface area contributed by atoms with Gasteiger partial charge in [-0.15, -0.1) is 5.10 Å². The number of nitrogens with one attached hydrogen (secondary N) is 1.